The lowest BCUT2D eigenvalue weighted by atomic mass is 10.2. The monoisotopic (exact) mass is 221 g/mol. The van der Waals surface area contributed by atoms with E-state index in [0.717, 1.165) is 4.52 Å². The molecule has 16 heavy (non-hydrogen) atoms. The summed E-state index contributed by atoms with van der Waals surface area (Å²) in [7, 11) is 0. The van der Waals surface area contributed by atoms with Crippen LogP contribution >= 0.6 is 0 Å². The van der Waals surface area contributed by atoms with Crippen molar-refractivity contribution in [1.82, 2.24) is 9.61 Å². The van der Waals surface area contributed by atoms with Crippen molar-refractivity contribution in [3.63, 3.8) is 0 Å². The summed E-state index contributed by atoms with van der Waals surface area (Å²) in [5.41, 5.74) is 1.17. The van der Waals surface area contributed by atoms with Gasteiger partial charge in [0.1, 0.15) is 5.56 Å². The second kappa shape index (κ2) is 3.96. The van der Waals surface area contributed by atoms with E-state index < -0.39 is 5.97 Å². The molecule has 0 spiro atoms. The van der Waals surface area contributed by atoms with Crippen molar-refractivity contribution in [2.45, 2.75) is 20.8 Å². The summed E-state index contributed by atoms with van der Waals surface area (Å²) in [6, 6.07) is -0.0277. The zero-order valence-electron chi connectivity index (χ0n) is 12.4. The summed E-state index contributed by atoms with van der Waals surface area (Å²) in [5, 5.41) is 4.07. The third-order valence-electron chi connectivity index (χ3n) is 2.20. The van der Waals surface area contributed by atoms with E-state index in [9.17, 15) is 4.79 Å². The van der Waals surface area contributed by atoms with Gasteiger partial charge in [-0.3, -0.25) is 0 Å². The first kappa shape index (κ1) is 7.44. The Kier molecular flexibility index (Phi) is 1.84. The van der Waals surface area contributed by atoms with Crippen molar-refractivity contribution in [3.05, 3.63) is 35.1 Å². The fourth-order valence-corrected chi connectivity index (χ4v) is 1.52. The van der Waals surface area contributed by atoms with E-state index in [4.69, 9.17) is 8.85 Å². The van der Waals surface area contributed by atoms with E-state index in [-0.39, 0.29) is 35.9 Å². The van der Waals surface area contributed by atoms with Crippen LogP contribution < -0.4 is 0 Å². The molecule has 0 aliphatic rings. The lowest BCUT2D eigenvalue weighted by Gasteiger charge is -2.01. The predicted molar refractivity (Wildman–Crippen MR) is 60.6 cm³/mol. The number of pyridine rings is 1. The first-order chi connectivity index (χ1) is 8.90. The van der Waals surface area contributed by atoms with Gasteiger partial charge in [0.2, 0.25) is 0 Å². The molecule has 0 bridgehead atoms. The molecule has 0 atom stereocenters. The van der Waals surface area contributed by atoms with Crippen molar-refractivity contribution in [2.75, 3.05) is 6.61 Å². The van der Waals surface area contributed by atoms with Gasteiger partial charge in [-0.15, -0.1) is 0 Å². The molecule has 0 fully saturated rings. The molecule has 0 unspecified atom stereocenters. The van der Waals surface area contributed by atoms with Gasteiger partial charge in [0.15, 0.2) is 0 Å². The highest BCUT2D eigenvalue weighted by Crippen LogP contribution is 2.17. The third-order valence-corrected chi connectivity index (χ3v) is 2.20. The molecule has 84 valence electrons. The minimum atomic E-state index is -0.556. The van der Waals surface area contributed by atoms with Crippen LogP contribution in [0.25, 0.3) is 5.52 Å². The summed E-state index contributed by atoms with van der Waals surface area (Å²) in [6.07, 6.45) is -0.137. The van der Waals surface area contributed by atoms with Crippen LogP contribution in [0.1, 0.15) is 32.7 Å². The Morgan fingerprint density at radius 3 is 3.06 bits per heavy atom. The Morgan fingerprint density at radius 2 is 2.38 bits per heavy atom. The molecular formula is C12H14N2O2. The van der Waals surface area contributed by atoms with Crippen LogP contribution in [0.4, 0.5) is 0 Å². The maximum atomic E-state index is 11.9. The molecule has 0 aliphatic carbocycles. The Labute approximate surface area is 98.1 Å². The fourth-order valence-electron chi connectivity index (χ4n) is 1.52. The van der Waals surface area contributed by atoms with Gasteiger partial charge in [-0.2, -0.15) is 5.10 Å². The maximum absolute atomic E-state index is 11.9. The first-order valence-electron chi connectivity index (χ1n) is 6.52. The summed E-state index contributed by atoms with van der Waals surface area (Å²) in [5.74, 6) is -0.556. The minimum absolute atomic E-state index is 0.0321. The van der Waals surface area contributed by atoms with Gasteiger partial charge in [-0.1, -0.05) is 0 Å². The van der Waals surface area contributed by atoms with Gasteiger partial charge in [0.05, 0.1) is 21.9 Å². The number of esters is 1. The summed E-state index contributed by atoms with van der Waals surface area (Å²) >= 11 is 0. The average Bonchev–Trinajstić information content (AvgIpc) is 2.72. The Balaban J connectivity index is 2.87. The zero-order valence-corrected chi connectivity index (χ0v) is 9.42. The van der Waals surface area contributed by atoms with Crippen LogP contribution in [0.2, 0.25) is 0 Å². The zero-order chi connectivity index (χ0) is 14.3. The number of carbonyl (C=O) groups is 1. The number of hydrogen-bond donors (Lipinski definition) is 0. The molecule has 4 nitrogen and oxygen atoms in total. The molecule has 4 heteroatoms. The van der Waals surface area contributed by atoms with Gasteiger partial charge in [-0.25, -0.2) is 9.31 Å². The van der Waals surface area contributed by atoms with Gasteiger partial charge < -0.3 is 4.74 Å². The standard InChI is InChI=1S/C12H14N2O2/c1-4-16-12(15)11-9(3)13-14-6-5-8(2)7-10(11)14/h5-7H,4H2,1-3H3/i5D,6D,7D. The molecule has 0 aromatic carbocycles. The molecule has 0 radical (unpaired) electrons. The molecule has 0 amide bonds. The molecule has 0 saturated carbocycles. The minimum Gasteiger partial charge on any atom is -0.462 e. The highest BCUT2D eigenvalue weighted by molar-refractivity contribution is 5.98. The van der Waals surface area contributed by atoms with E-state index in [0.29, 0.717) is 11.3 Å². The Morgan fingerprint density at radius 1 is 1.62 bits per heavy atom. The van der Waals surface area contributed by atoms with E-state index in [1.54, 1.807) is 20.8 Å². The lowest BCUT2D eigenvalue weighted by Crippen LogP contribution is -2.05. The lowest BCUT2D eigenvalue weighted by molar-refractivity contribution is 0.0528. The summed E-state index contributed by atoms with van der Waals surface area (Å²) in [6.45, 7) is 5.13. The van der Waals surface area contributed by atoms with Gasteiger partial charge >= 0.3 is 5.97 Å². The topological polar surface area (TPSA) is 43.6 Å². The SMILES string of the molecule is [2H]c1c(C)c([2H])c2c(C(=O)OCC)c(C)nn2c1[2H]. The van der Waals surface area contributed by atoms with E-state index in [2.05, 4.69) is 5.10 Å². The molecule has 2 rings (SSSR count). The molecule has 2 aromatic heterocycles. The van der Waals surface area contributed by atoms with Crippen LogP contribution in [0.15, 0.2) is 18.3 Å². The highest BCUT2D eigenvalue weighted by Gasteiger charge is 2.17. The number of nitrogens with zero attached hydrogens (tertiary/aromatic N) is 2. The van der Waals surface area contributed by atoms with Crippen LogP contribution in [0.3, 0.4) is 0 Å². The first-order valence-corrected chi connectivity index (χ1v) is 5.02. The Bertz CT molecular complexity index is 680. The second-order valence-electron chi connectivity index (χ2n) is 3.43. The molecule has 2 heterocycles. The van der Waals surface area contributed by atoms with Crippen LogP contribution in [-0.2, 0) is 4.74 Å². The second-order valence-corrected chi connectivity index (χ2v) is 3.43. The van der Waals surface area contributed by atoms with Crippen LogP contribution in [0, 0.1) is 13.8 Å². The summed E-state index contributed by atoms with van der Waals surface area (Å²) in [4.78, 5) is 11.9. The van der Waals surface area contributed by atoms with Crippen molar-refractivity contribution in [2.24, 2.45) is 0 Å². The van der Waals surface area contributed by atoms with Crippen molar-refractivity contribution >= 4 is 11.5 Å². The number of ether oxygens (including phenoxy) is 1. The quantitative estimate of drug-likeness (QED) is 0.730. The highest BCUT2D eigenvalue weighted by atomic mass is 16.5. The van der Waals surface area contributed by atoms with Crippen molar-refractivity contribution in [1.29, 1.82) is 0 Å². The predicted octanol–water partition coefficient (Wildman–Crippen LogP) is 2.13. The normalized spacial score (nSPS) is 13.3. The molecule has 0 saturated heterocycles. The van der Waals surface area contributed by atoms with E-state index in [1.165, 1.54) is 0 Å². The molecule has 0 N–H and O–H groups in total. The largest absolute Gasteiger partial charge is 0.462 e. The van der Waals surface area contributed by atoms with Crippen LogP contribution in [-0.4, -0.2) is 22.2 Å². The van der Waals surface area contributed by atoms with Gasteiger partial charge in [0.25, 0.3) is 0 Å². The smallest absolute Gasteiger partial charge is 0.342 e. The third kappa shape index (κ3) is 1.66. The van der Waals surface area contributed by atoms with E-state index >= 15 is 0 Å². The number of carbonyl (C=O) groups excluding carboxylic acids is 1. The maximum Gasteiger partial charge on any atom is 0.342 e. The van der Waals surface area contributed by atoms with Crippen LogP contribution in [0.5, 0.6) is 0 Å². The van der Waals surface area contributed by atoms with Gasteiger partial charge in [0, 0.05) is 6.17 Å². The number of hydrogen-bond acceptors (Lipinski definition) is 3. The fraction of sp³-hybridized carbons (Fsp3) is 0.333. The number of aromatic nitrogens is 2. The summed E-state index contributed by atoms with van der Waals surface area (Å²) < 4.78 is 29.7. The van der Waals surface area contributed by atoms with Crippen molar-refractivity contribution < 1.29 is 13.6 Å². The number of fused-ring (bicyclic) bond motifs is 1. The molecule has 0 aliphatic heterocycles. The van der Waals surface area contributed by atoms with E-state index in [1.807, 2.05) is 0 Å². The average molecular weight is 221 g/mol. The van der Waals surface area contributed by atoms with Crippen molar-refractivity contribution in [3.8, 4) is 0 Å². The van der Waals surface area contributed by atoms with Gasteiger partial charge in [-0.05, 0) is 38.4 Å². The number of aryl methyl sites for hydroxylation is 1. The molecule has 2 aromatic rings. The number of rotatable bonds is 2. The Hall–Kier alpha value is -1.84. The molecular weight excluding hydrogens is 204 g/mol.